The molecule has 1 amide bonds. The minimum absolute atomic E-state index is 0.309. The van der Waals surface area contributed by atoms with Crippen molar-refractivity contribution in [3.63, 3.8) is 0 Å². The fourth-order valence-corrected chi connectivity index (χ4v) is 2.77. The molecule has 3 rings (SSSR count). The van der Waals surface area contributed by atoms with E-state index >= 15 is 0 Å². The van der Waals surface area contributed by atoms with Gasteiger partial charge in [0.1, 0.15) is 5.52 Å². The van der Waals surface area contributed by atoms with E-state index in [4.69, 9.17) is 16.3 Å². The van der Waals surface area contributed by atoms with Gasteiger partial charge in [-0.2, -0.15) is 0 Å². The van der Waals surface area contributed by atoms with Gasteiger partial charge in [-0.3, -0.25) is 4.79 Å². The van der Waals surface area contributed by atoms with Crippen molar-refractivity contribution < 1.29 is 14.3 Å². The largest absolute Gasteiger partial charge is 0.449 e. The number of aryl methyl sites for hydroxylation is 1. The number of ether oxygens (including phenoxy) is 1. The minimum Gasteiger partial charge on any atom is -0.449 e. The molecule has 1 heterocycles. The Morgan fingerprint density at radius 2 is 2.07 bits per heavy atom. The van der Waals surface area contributed by atoms with Gasteiger partial charge in [0.15, 0.2) is 6.10 Å². The number of benzene rings is 2. The van der Waals surface area contributed by atoms with Gasteiger partial charge in [0, 0.05) is 17.3 Å². The topological polar surface area (TPSA) is 86.1 Å². The van der Waals surface area contributed by atoms with Crippen LogP contribution in [0.2, 0.25) is 5.02 Å². The molecule has 0 bridgehead atoms. The zero-order valence-corrected chi connectivity index (χ0v) is 15.9. The molecule has 0 aliphatic heterocycles. The molecular weight excluding hydrogens is 368 g/mol. The van der Waals surface area contributed by atoms with Crippen LogP contribution in [0.5, 0.6) is 0 Å². The van der Waals surface area contributed by atoms with Crippen molar-refractivity contribution >= 4 is 40.2 Å². The molecule has 8 heteroatoms. The third-order valence-electron chi connectivity index (χ3n) is 4.23. The highest BCUT2D eigenvalue weighted by molar-refractivity contribution is 6.31. The lowest BCUT2D eigenvalue weighted by molar-refractivity contribution is -0.123. The van der Waals surface area contributed by atoms with Crippen LogP contribution in [0.3, 0.4) is 0 Å². The van der Waals surface area contributed by atoms with Gasteiger partial charge in [-0.25, -0.2) is 9.48 Å². The Balaban J connectivity index is 1.69. The Kier molecular flexibility index (Phi) is 5.41. The maximum atomic E-state index is 12.4. The number of anilines is 1. The highest BCUT2D eigenvalue weighted by Gasteiger charge is 2.20. The fraction of sp³-hybridized carbons (Fsp3) is 0.263. The SMILES string of the molecule is CCn1nnc2cc(C(=O)O[C@@H](C)C(=O)Nc3cccc(Cl)c3C)ccc21. The second-order valence-corrected chi connectivity index (χ2v) is 6.47. The number of fused-ring (bicyclic) bond motifs is 1. The van der Waals surface area contributed by atoms with Crippen LogP contribution in [0.25, 0.3) is 11.0 Å². The van der Waals surface area contributed by atoms with Crippen LogP contribution in [0.1, 0.15) is 29.8 Å². The Morgan fingerprint density at radius 1 is 1.30 bits per heavy atom. The van der Waals surface area contributed by atoms with Crippen molar-refractivity contribution in [2.45, 2.75) is 33.4 Å². The molecule has 1 N–H and O–H groups in total. The Hall–Kier alpha value is -2.93. The first-order chi connectivity index (χ1) is 12.9. The van der Waals surface area contributed by atoms with Gasteiger partial charge >= 0.3 is 5.97 Å². The molecule has 0 radical (unpaired) electrons. The number of amides is 1. The van der Waals surface area contributed by atoms with Gasteiger partial charge in [0.05, 0.1) is 11.1 Å². The maximum absolute atomic E-state index is 12.4. The second kappa shape index (κ2) is 7.75. The summed E-state index contributed by atoms with van der Waals surface area (Å²) in [5, 5.41) is 11.3. The van der Waals surface area contributed by atoms with Gasteiger partial charge in [-0.1, -0.05) is 22.9 Å². The van der Waals surface area contributed by atoms with E-state index in [0.29, 0.717) is 28.3 Å². The number of carbonyl (C=O) groups excluding carboxylic acids is 2. The van der Waals surface area contributed by atoms with Crippen LogP contribution < -0.4 is 5.32 Å². The van der Waals surface area contributed by atoms with Gasteiger partial charge < -0.3 is 10.1 Å². The maximum Gasteiger partial charge on any atom is 0.338 e. The van der Waals surface area contributed by atoms with Crippen molar-refractivity contribution in [3.8, 4) is 0 Å². The number of nitrogens with one attached hydrogen (secondary N) is 1. The number of aromatic nitrogens is 3. The van der Waals surface area contributed by atoms with Crippen molar-refractivity contribution in [1.82, 2.24) is 15.0 Å². The van der Waals surface area contributed by atoms with Gasteiger partial charge in [-0.15, -0.1) is 5.10 Å². The standard InChI is InChI=1S/C19H19ClN4O3/c1-4-24-17-9-8-13(10-16(17)22-23-24)19(26)27-12(3)18(25)21-15-7-5-6-14(20)11(15)2/h5-10,12H,4H2,1-3H3,(H,21,25)/t12-/m0/s1. The van der Waals surface area contributed by atoms with E-state index in [9.17, 15) is 9.59 Å². The number of esters is 1. The molecule has 2 aromatic carbocycles. The molecule has 27 heavy (non-hydrogen) atoms. The molecule has 0 saturated carbocycles. The van der Waals surface area contributed by atoms with Crippen molar-refractivity contribution in [2.75, 3.05) is 5.32 Å². The number of hydrogen-bond acceptors (Lipinski definition) is 5. The van der Waals surface area contributed by atoms with Crippen molar-refractivity contribution in [3.05, 3.63) is 52.5 Å². The van der Waals surface area contributed by atoms with Crippen LogP contribution in [-0.2, 0) is 16.1 Å². The van der Waals surface area contributed by atoms with E-state index in [0.717, 1.165) is 11.1 Å². The van der Waals surface area contributed by atoms with E-state index in [1.54, 1.807) is 48.0 Å². The molecule has 0 unspecified atom stereocenters. The monoisotopic (exact) mass is 386 g/mol. The van der Waals surface area contributed by atoms with Crippen LogP contribution >= 0.6 is 11.6 Å². The summed E-state index contributed by atoms with van der Waals surface area (Å²) in [6.07, 6.45) is -0.974. The van der Waals surface area contributed by atoms with Crippen LogP contribution in [0.4, 0.5) is 5.69 Å². The summed E-state index contributed by atoms with van der Waals surface area (Å²) in [6, 6.07) is 10.2. The van der Waals surface area contributed by atoms with E-state index in [-0.39, 0.29) is 0 Å². The molecule has 0 spiro atoms. The second-order valence-electron chi connectivity index (χ2n) is 6.06. The third-order valence-corrected chi connectivity index (χ3v) is 4.64. The van der Waals surface area contributed by atoms with Crippen molar-refractivity contribution in [1.29, 1.82) is 0 Å². The molecule has 1 atom stereocenters. The average Bonchev–Trinajstić information content (AvgIpc) is 3.07. The molecule has 3 aromatic rings. The number of rotatable bonds is 5. The summed E-state index contributed by atoms with van der Waals surface area (Å²) >= 11 is 6.05. The van der Waals surface area contributed by atoms with E-state index < -0.39 is 18.0 Å². The number of nitrogens with zero attached hydrogens (tertiary/aromatic N) is 3. The lowest BCUT2D eigenvalue weighted by Crippen LogP contribution is -2.30. The zero-order valence-electron chi connectivity index (χ0n) is 15.2. The summed E-state index contributed by atoms with van der Waals surface area (Å²) in [5.41, 5.74) is 3.06. The summed E-state index contributed by atoms with van der Waals surface area (Å²) in [4.78, 5) is 24.7. The van der Waals surface area contributed by atoms with Crippen molar-refractivity contribution in [2.24, 2.45) is 0 Å². The molecule has 140 valence electrons. The van der Waals surface area contributed by atoms with Gasteiger partial charge in [-0.05, 0) is 56.7 Å². The summed E-state index contributed by atoms with van der Waals surface area (Å²) < 4.78 is 7.01. The lowest BCUT2D eigenvalue weighted by Gasteiger charge is -2.15. The fourth-order valence-electron chi connectivity index (χ4n) is 2.59. The van der Waals surface area contributed by atoms with E-state index in [2.05, 4.69) is 15.6 Å². The Labute approximate surface area is 161 Å². The summed E-state index contributed by atoms with van der Waals surface area (Å²) in [5.74, 6) is -1.04. The minimum atomic E-state index is -0.974. The first-order valence-corrected chi connectivity index (χ1v) is 8.88. The molecule has 0 aliphatic carbocycles. The first-order valence-electron chi connectivity index (χ1n) is 8.51. The van der Waals surface area contributed by atoms with Gasteiger partial charge in [0.2, 0.25) is 0 Å². The Morgan fingerprint density at radius 3 is 2.81 bits per heavy atom. The average molecular weight is 387 g/mol. The molecular formula is C19H19ClN4O3. The van der Waals surface area contributed by atoms with E-state index in [1.807, 2.05) is 6.92 Å². The molecule has 7 nitrogen and oxygen atoms in total. The first kappa shape index (κ1) is 18.8. The lowest BCUT2D eigenvalue weighted by atomic mass is 10.2. The predicted molar refractivity (Wildman–Crippen MR) is 103 cm³/mol. The van der Waals surface area contributed by atoms with E-state index in [1.165, 1.54) is 6.92 Å². The smallest absolute Gasteiger partial charge is 0.338 e. The highest BCUT2D eigenvalue weighted by Crippen LogP contribution is 2.23. The van der Waals surface area contributed by atoms with Crippen LogP contribution in [0.15, 0.2) is 36.4 Å². The quantitative estimate of drug-likeness (QED) is 0.677. The molecule has 0 aliphatic rings. The van der Waals surface area contributed by atoms with Crippen LogP contribution in [-0.4, -0.2) is 33.0 Å². The summed E-state index contributed by atoms with van der Waals surface area (Å²) in [6.45, 7) is 5.95. The summed E-state index contributed by atoms with van der Waals surface area (Å²) in [7, 11) is 0. The predicted octanol–water partition coefficient (Wildman–Crippen LogP) is 3.60. The molecule has 0 saturated heterocycles. The number of carbonyl (C=O) groups is 2. The van der Waals surface area contributed by atoms with Crippen LogP contribution in [0, 0.1) is 6.92 Å². The normalized spacial score (nSPS) is 12.0. The molecule has 0 fully saturated rings. The zero-order chi connectivity index (χ0) is 19.6. The number of hydrogen-bond donors (Lipinski definition) is 1. The third kappa shape index (κ3) is 3.93. The van der Waals surface area contributed by atoms with Gasteiger partial charge in [0.25, 0.3) is 5.91 Å². The number of halogens is 1. The Bertz CT molecular complexity index is 1020. The highest BCUT2D eigenvalue weighted by atomic mass is 35.5. The molecule has 1 aromatic heterocycles.